The van der Waals surface area contributed by atoms with Crippen LogP contribution >= 0.6 is 34.3 Å². The summed E-state index contributed by atoms with van der Waals surface area (Å²) < 4.78 is 39.3. The van der Waals surface area contributed by atoms with E-state index >= 15 is 0 Å². The van der Waals surface area contributed by atoms with E-state index in [0.29, 0.717) is 42.0 Å². The molecule has 2 aliphatic rings. The van der Waals surface area contributed by atoms with Gasteiger partial charge in [-0.25, -0.2) is 4.98 Å². The summed E-state index contributed by atoms with van der Waals surface area (Å²) in [6, 6.07) is 3.55. The van der Waals surface area contributed by atoms with Crippen LogP contribution in [0.5, 0.6) is 0 Å². The zero-order valence-corrected chi connectivity index (χ0v) is 19.5. The van der Waals surface area contributed by atoms with Crippen molar-refractivity contribution in [1.82, 2.24) is 20.1 Å². The minimum absolute atomic E-state index is 0.0703. The molecule has 2 aliphatic heterocycles. The van der Waals surface area contributed by atoms with Crippen LogP contribution in [0.4, 0.5) is 13.2 Å². The van der Waals surface area contributed by atoms with Gasteiger partial charge in [-0.15, -0.1) is 22.7 Å². The summed E-state index contributed by atoms with van der Waals surface area (Å²) in [5, 5.41) is 5.86. The molecule has 1 aromatic carbocycles. The van der Waals surface area contributed by atoms with Gasteiger partial charge in [-0.1, -0.05) is 17.7 Å². The Labute approximate surface area is 200 Å². The van der Waals surface area contributed by atoms with Crippen LogP contribution < -0.4 is 5.32 Å². The number of alkyl halides is 3. The number of benzene rings is 1. The Morgan fingerprint density at radius 3 is 2.58 bits per heavy atom. The smallest absolute Gasteiger partial charge is 0.336 e. The van der Waals surface area contributed by atoms with E-state index < -0.39 is 11.7 Å². The maximum Gasteiger partial charge on any atom is 0.416 e. The average molecular weight is 515 g/mol. The lowest BCUT2D eigenvalue weighted by atomic mass is 10.1. The molecule has 2 aromatic heterocycles. The summed E-state index contributed by atoms with van der Waals surface area (Å²) >= 11 is 8.70. The first-order valence-corrected chi connectivity index (χ1v) is 12.4. The predicted molar refractivity (Wildman–Crippen MR) is 121 cm³/mol. The van der Waals surface area contributed by atoms with Crippen molar-refractivity contribution in [2.75, 3.05) is 26.2 Å². The Hall–Kier alpha value is -2.21. The number of thiazole rings is 1. The Kier molecular flexibility index (Phi) is 5.84. The molecule has 33 heavy (non-hydrogen) atoms. The zero-order valence-electron chi connectivity index (χ0n) is 17.1. The van der Waals surface area contributed by atoms with Crippen LogP contribution in [0, 0.1) is 0 Å². The molecule has 1 N–H and O–H groups in total. The molecule has 0 spiro atoms. The van der Waals surface area contributed by atoms with E-state index in [2.05, 4.69) is 10.3 Å². The molecule has 3 aromatic rings. The van der Waals surface area contributed by atoms with Crippen LogP contribution in [-0.2, 0) is 6.18 Å². The Bertz CT molecular complexity index is 1210. The van der Waals surface area contributed by atoms with Gasteiger partial charge in [0.2, 0.25) is 0 Å². The van der Waals surface area contributed by atoms with Crippen molar-refractivity contribution >= 4 is 56.2 Å². The van der Waals surface area contributed by atoms with E-state index in [0.717, 1.165) is 29.9 Å². The van der Waals surface area contributed by atoms with Crippen LogP contribution in [-0.4, -0.2) is 64.9 Å². The van der Waals surface area contributed by atoms with Gasteiger partial charge in [0.1, 0.15) is 10.6 Å². The Morgan fingerprint density at radius 1 is 1.12 bits per heavy atom. The second-order valence-electron chi connectivity index (χ2n) is 8.14. The molecule has 2 saturated heterocycles. The maximum atomic E-state index is 13.0. The molecule has 0 radical (unpaired) electrons. The normalized spacial score (nSPS) is 19.3. The molecular formula is C21H18ClF3N4O2S2. The second kappa shape index (κ2) is 8.53. The monoisotopic (exact) mass is 514 g/mol. The third-order valence-corrected chi connectivity index (χ3v) is 8.15. The lowest BCUT2D eigenvalue weighted by Crippen LogP contribution is -2.62. The van der Waals surface area contributed by atoms with Crippen molar-refractivity contribution in [3.63, 3.8) is 0 Å². The molecule has 4 heterocycles. The van der Waals surface area contributed by atoms with E-state index in [1.165, 1.54) is 17.4 Å². The molecule has 1 atom stereocenters. The maximum absolute atomic E-state index is 13.0. The van der Waals surface area contributed by atoms with Gasteiger partial charge >= 0.3 is 6.18 Å². The first-order valence-electron chi connectivity index (χ1n) is 10.2. The summed E-state index contributed by atoms with van der Waals surface area (Å²) in [7, 11) is 0. The lowest BCUT2D eigenvalue weighted by Gasteiger charge is -2.41. The van der Waals surface area contributed by atoms with Gasteiger partial charge in [-0.3, -0.25) is 9.59 Å². The number of halogens is 4. The van der Waals surface area contributed by atoms with E-state index in [1.54, 1.807) is 20.7 Å². The summed E-state index contributed by atoms with van der Waals surface area (Å²) in [6.45, 7) is 2.20. The zero-order chi connectivity index (χ0) is 23.3. The van der Waals surface area contributed by atoms with Crippen molar-refractivity contribution in [2.24, 2.45) is 0 Å². The van der Waals surface area contributed by atoms with Crippen molar-refractivity contribution in [2.45, 2.75) is 24.7 Å². The van der Waals surface area contributed by atoms with E-state index in [9.17, 15) is 22.8 Å². The number of hydrogen-bond acceptors (Lipinski definition) is 6. The summed E-state index contributed by atoms with van der Waals surface area (Å²) in [6.07, 6.45) is -3.63. The molecular weight excluding hydrogens is 497 g/mol. The van der Waals surface area contributed by atoms with Crippen LogP contribution in [0.15, 0.2) is 29.1 Å². The highest BCUT2D eigenvalue weighted by molar-refractivity contribution is 7.21. The third kappa shape index (κ3) is 4.34. The number of carbonyl (C=O) groups excluding carboxylic acids is 2. The minimum atomic E-state index is -4.45. The number of aromatic nitrogens is 1. The first kappa shape index (κ1) is 22.6. The summed E-state index contributed by atoms with van der Waals surface area (Å²) in [5.41, 5.74) is 1.33. The second-order valence-corrected chi connectivity index (χ2v) is 10.3. The van der Waals surface area contributed by atoms with Gasteiger partial charge in [-0.2, -0.15) is 13.2 Å². The molecule has 0 aliphatic carbocycles. The van der Waals surface area contributed by atoms with E-state index in [-0.39, 0.29) is 33.8 Å². The number of nitrogens with one attached hydrogen (secondary N) is 1. The van der Waals surface area contributed by atoms with Crippen molar-refractivity contribution in [1.29, 1.82) is 0 Å². The quantitative estimate of drug-likeness (QED) is 0.562. The van der Waals surface area contributed by atoms with Crippen molar-refractivity contribution in [3.05, 3.63) is 50.2 Å². The highest BCUT2D eigenvalue weighted by Crippen LogP contribution is 2.40. The molecule has 0 saturated carbocycles. The number of carbonyl (C=O) groups is 2. The predicted octanol–water partition coefficient (Wildman–Crippen LogP) is 4.36. The minimum Gasteiger partial charge on any atom is -0.336 e. The van der Waals surface area contributed by atoms with Crippen molar-refractivity contribution < 1.29 is 22.8 Å². The molecule has 0 bridgehead atoms. The van der Waals surface area contributed by atoms with Gasteiger partial charge in [0, 0.05) is 53.7 Å². The fourth-order valence-corrected chi connectivity index (χ4v) is 6.21. The largest absolute Gasteiger partial charge is 0.416 e. The molecule has 1 unspecified atom stereocenters. The number of nitrogens with zero attached hydrogens (tertiary/aromatic N) is 3. The topological polar surface area (TPSA) is 65.5 Å². The highest BCUT2D eigenvalue weighted by Gasteiger charge is 2.37. The SMILES string of the molecule is O=C(c1cscn1)N1CCC(NC2CN(C(=O)c3sc4cc(C(F)(F)F)ccc4c3Cl)C2)C1. The Morgan fingerprint density at radius 2 is 1.88 bits per heavy atom. The van der Waals surface area contributed by atoms with Crippen LogP contribution in [0.3, 0.4) is 0 Å². The molecule has 2 amide bonds. The lowest BCUT2D eigenvalue weighted by molar-refractivity contribution is -0.137. The molecule has 6 nitrogen and oxygen atoms in total. The van der Waals surface area contributed by atoms with E-state index in [1.807, 2.05) is 0 Å². The summed E-state index contributed by atoms with van der Waals surface area (Å²) in [5.74, 6) is -0.349. The van der Waals surface area contributed by atoms with Gasteiger partial charge in [0.05, 0.1) is 16.1 Å². The Balaban J connectivity index is 1.18. The number of rotatable bonds is 4. The number of likely N-dealkylation sites (tertiary alicyclic amines) is 2. The van der Waals surface area contributed by atoms with Gasteiger partial charge in [0.25, 0.3) is 11.8 Å². The van der Waals surface area contributed by atoms with Gasteiger partial charge < -0.3 is 15.1 Å². The first-order chi connectivity index (χ1) is 15.7. The highest BCUT2D eigenvalue weighted by atomic mass is 35.5. The standard InChI is InChI=1S/C21H18ClF3N4O2S2/c22-17-14-2-1-11(21(23,24)25)5-16(14)33-18(17)20(31)29-7-13(8-29)27-12-3-4-28(6-12)19(30)15-9-32-10-26-15/h1-2,5,9-10,12-13,27H,3-4,6-8H2. The third-order valence-electron chi connectivity index (χ3n) is 5.92. The van der Waals surface area contributed by atoms with Gasteiger partial charge in [0.15, 0.2) is 0 Å². The fraction of sp³-hybridized carbons (Fsp3) is 0.381. The summed E-state index contributed by atoms with van der Waals surface area (Å²) in [4.78, 5) is 33.0. The number of amides is 2. The van der Waals surface area contributed by atoms with Crippen LogP contribution in [0.25, 0.3) is 10.1 Å². The van der Waals surface area contributed by atoms with Crippen LogP contribution in [0.1, 0.15) is 32.1 Å². The molecule has 174 valence electrons. The number of hydrogen-bond donors (Lipinski definition) is 1. The molecule has 5 rings (SSSR count). The number of fused-ring (bicyclic) bond motifs is 1. The molecule has 12 heteroatoms. The molecule has 2 fully saturated rings. The fourth-order valence-electron chi connectivity index (χ4n) is 4.17. The average Bonchev–Trinajstić information content (AvgIpc) is 3.49. The van der Waals surface area contributed by atoms with Gasteiger partial charge in [-0.05, 0) is 18.6 Å². The number of thiophene rings is 1. The van der Waals surface area contributed by atoms with E-state index in [4.69, 9.17) is 11.6 Å². The van der Waals surface area contributed by atoms with Crippen molar-refractivity contribution in [3.8, 4) is 0 Å². The van der Waals surface area contributed by atoms with Crippen LogP contribution in [0.2, 0.25) is 5.02 Å².